The normalized spacial score (nSPS) is 20.3. The van der Waals surface area contributed by atoms with E-state index < -0.39 is 0 Å². The van der Waals surface area contributed by atoms with Gasteiger partial charge in [-0.2, -0.15) is 0 Å². The van der Waals surface area contributed by atoms with Gasteiger partial charge in [-0.25, -0.2) is 0 Å². The molecule has 0 saturated carbocycles. The minimum absolute atomic E-state index is 0.00750. The van der Waals surface area contributed by atoms with Crippen molar-refractivity contribution in [3.63, 3.8) is 0 Å². The fraction of sp³-hybridized carbons (Fsp3) is 0.818. The highest BCUT2D eigenvalue weighted by Crippen LogP contribution is 2.18. The van der Waals surface area contributed by atoms with Crippen molar-refractivity contribution in [1.29, 1.82) is 0 Å². The number of carbonyl (C=O) groups is 2. The first-order valence-electron chi connectivity index (χ1n) is 5.75. The maximum absolute atomic E-state index is 11.8. The summed E-state index contributed by atoms with van der Waals surface area (Å²) in [6, 6.07) is 0.00750. The molecule has 0 aliphatic carbocycles. The van der Waals surface area contributed by atoms with Crippen molar-refractivity contribution >= 4 is 11.8 Å². The Morgan fingerprint density at radius 1 is 1.27 bits per heavy atom. The molecule has 2 amide bonds. The van der Waals surface area contributed by atoms with E-state index in [1.54, 1.807) is 0 Å². The number of hydrogen-bond acceptors (Lipinski definition) is 3. The molecule has 0 radical (unpaired) electrons. The van der Waals surface area contributed by atoms with Crippen molar-refractivity contribution in [2.45, 2.75) is 51.5 Å². The monoisotopic (exact) mass is 212 g/mol. The summed E-state index contributed by atoms with van der Waals surface area (Å²) < 4.78 is 0. The van der Waals surface area contributed by atoms with Gasteiger partial charge in [-0.3, -0.25) is 14.5 Å². The van der Waals surface area contributed by atoms with Gasteiger partial charge in [0.2, 0.25) is 11.8 Å². The lowest BCUT2D eigenvalue weighted by atomic mass is 10.1. The van der Waals surface area contributed by atoms with Crippen molar-refractivity contribution in [2.24, 2.45) is 5.73 Å². The predicted molar refractivity (Wildman–Crippen MR) is 58.1 cm³/mol. The molecule has 2 N–H and O–H groups in total. The highest BCUT2D eigenvalue weighted by atomic mass is 16.2. The maximum atomic E-state index is 11.8. The van der Waals surface area contributed by atoms with Gasteiger partial charge < -0.3 is 5.73 Å². The Morgan fingerprint density at radius 3 is 2.20 bits per heavy atom. The summed E-state index contributed by atoms with van der Waals surface area (Å²) in [5.74, 6) is -0.0319. The van der Waals surface area contributed by atoms with Crippen LogP contribution in [0.4, 0.5) is 0 Å². The van der Waals surface area contributed by atoms with Crippen LogP contribution in [0.2, 0.25) is 0 Å². The molecule has 4 heteroatoms. The standard InChI is InChI=1S/C11H20N2O2/c1-2-9(7-8-12)13-10(14)5-3-4-6-11(13)15/h9H,2-8,12H2,1H3. The van der Waals surface area contributed by atoms with Crippen LogP contribution in [0, 0.1) is 0 Å². The van der Waals surface area contributed by atoms with E-state index in [1.165, 1.54) is 4.90 Å². The van der Waals surface area contributed by atoms with Gasteiger partial charge in [0.1, 0.15) is 0 Å². The molecule has 1 unspecified atom stereocenters. The predicted octanol–water partition coefficient (Wildman–Crippen LogP) is 1.04. The fourth-order valence-electron chi connectivity index (χ4n) is 2.05. The lowest BCUT2D eigenvalue weighted by Gasteiger charge is -2.28. The summed E-state index contributed by atoms with van der Waals surface area (Å²) in [4.78, 5) is 25.0. The average Bonchev–Trinajstić information content (AvgIpc) is 2.38. The molecular formula is C11H20N2O2. The number of nitrogens with zero attached hydrogens (tertiary/aromatic N) is 1. The summed E-state index contributed by atoms with van der Waals surface area (Å²) in [7, 11) is 0. The molecule has 0 aromatic heterocycles. The third-order valence-corrected chi connectivity index (χ3v) is 2.90. The highest BCUT2D eigenvalue weighted by molar-refractivity contribution is 5.96. The van der Waals surface area contributed by atoms with Crippen molar-refractivity contribution < 1.29 is 9.59 Å². The van der Waals surface area contributed by atoms with Crippen LogP contribution in [-0.2, 0) is 9.59 Å². The van der Waals surface area contributed by atoms with E-state index in [0.717, 1.165) is 19.3 Å². The molecule has 1 heterocycles. The van der Waals surface area contributed by atoms with Gasteiger partial charge in [0.05, 0.1) is 0 Å². The molecule has 1 saturated heterocycles. The minimum atomic E-state index is -0.0159. The van der Waals surface area contributed by atoms with Crippen LogP contribution in [-0.4, -0.2) is 29.3 Å². The van der Waals surface area contributed by atoms with Gasteiger partial charge in [0.15, 0.2) is 0 Å². The second kappa shape index (κ2) is 5.85. The van der Waals surface area contributed by atoms with Crippen molar-refractivity contribution in [2.75, 3.05) is 6.54 Å². The van der Waals surface area contributed by atoms with Crippen LogP contribution < -0.4 is 5.73 Å². The summed E-state index contributed by atoms with van der Waals surface area (Å²) >= 11 is 0. The molecule has 0 spiro atoms. The van der Waals surface area contributed by atoms with E-state index in [1.807, 2.05) is 6.92 Å². The zero-order valence-corrected chi connectivity index (χ0v) is 9.37. The highest BCUT2D eigenvalue weighted by Gasteiger charge is 2.29. The molecule has 0 aromatic carbocycles. The Hall–Kier alpha value is -0.900. The van der Waals surface area contributed by atoms with Crippen LogP contribution >= 0.6 is 0 Å². The Morgan fingerprint density at radius 2 is 1.80 bits per heavy atom. The molecule has 1 rings (SSSR count). The van der Waals surface area contributed by atoms with Gasteiger partial charge in [0, 0.05) is 18.9 Å². The topological polar surface area (TPSA) is 63.4 Å². The first-order chi connectivity index (χ1) is 7.20. The number of likely N-dealkylation sites (tertiary alicyclic amines) is 1. The number of imide groups is 1. The maximum Gasteiger partial charge on any atom is 0.229 e. The molecule has 1 aliphatic rings. The third-order valence-electron chi connectivity index (χ3n) is 2.90. The lowest BCUT2D eigenvalue weighted by molar-refractivity contribution is -0.146. The molecule has 0 aromatic rings. The van der Waals surface area contributed by atoms with Crippen molar-refractivity contribution in [3.05, 3.63) is 0 Å². The molecule has 15 heavy (non-hydrogen) atoms. The van der Waals surface area contributed by atoms with Crippen molar-refractivity contribution in [1.82, 2.24) is 4.90 Å². The summed E-state index contributed by atoms with van der Waals surface area (Å²) in [6.07, 6.45) is 4.20. The minimum Gasteiger partial charge on any atom is -0.330 e. The Labute approximate surface area is 90.8 Å². The van der Waals surface area contributed by atoms with Crippen molar-refractivity contribution in [3.8, 4) is 0 Å². The second-order valence-corrected chi connectivity index (χ2v) is 4.00. The molecule has 1 atom stereocenters. The van der Waals surface area contributed by atoms with Crippen LogP contribution in [0.5, 0.6) is 0 Å². The third kappa shape index (κ3) is 3.02. The van der Waals surface area contributed by atoms with Crippen LogP contribution in [0.15, 0.2) is 0 Å². The van der Waals surface area contributed by atoms with E-state index in [-0.39, 0.29) is 17.9 Å². The Kier molecular flexibility index (Phi) is 4.75. The Balaban J connectivity index is 2.75. The van der Waals surface area contributed by atoms with E-state index >= 15 is 0 Å². The zero-order valence-electron chi connectivity index (χ0n) is 9.37. The van der Waals surface area contributed by atoms with E-state index in [9.17, 15) is 9.59 Å². The molecule has 1 fully saturated rings. The zero-order chi connectivity index (χ0) is 11.3. The van der Waals surface area contributed by atoms with Crippen LogP contribution in [0.1, 0.15) is 45.4 Å². The first kappa shape index (κ1) is 12.2. The van der Waals surface area contributed by atoms with Gasteiger partial charge in [0.25, 0.3) is 0 Å². The smallest absolute Gasteiger partial charge is 0.229 e. The van der Waals surface area contributed by atoms with Gasteiger partial charge in [-0.05, 0) is 32.2 Å². The molecule has 0 bridgehead atoms. The largest absolute Gasteiger partial charge is 0.330 e. The van der Waals surface area contributed by atoms with Crippen LogP contribution in [0.25, 0.3) is 0 Å². The SMILES string of the molecule is CCC(CCN)N1C(=O)CCCCC1=O. The fourth-order valence-corrected chi connectivity index (χ4v) is 2.05. The quantitative estimate of drug-likeness (QED) is 0.708. The average molecular weight is 212 g/mol. The number of carbonyl (C=O) groups excluding carboxylic acids is 2. The van der Waals surface area contributed by atoms with Gasteiger partial charge in [-0.15, -0.1) is 0 Å². The van der Waals surface area contributed by atoms with Crippen LogP contribution in [0.3, 0.4) is 0 Å². The summed E-state index contributed by atoms with van der Waals surface area (Å²) in [5, 5.41) is 0. The molecule has 86 valence electrons. The number of nitrogens with two attached hydrogens (primary N) is 1. The number of rotatable bonds is 4. The van der Waals surface area contributed by atoms with Gasteiger partial charge >= 0.3 is 0 Å². The molecule has 1 aliphatic heterocycles. The van der Waals surface area contributed by atoms with E-state index in [0.29, 0.717) is 25.8 Å². The number of hydrogen-bond donors (Lipinski definition) is 1. The van der Waals surface area contributed by atoms with E-state index in [2.05, 4.69) is 0 Å². The Bertz CT molecular complexity index is 223. The summed E-state index contributed by atoms with van der Waals surface area (Å²) in [6.45, 7) is 2.52. The lowest BCUT2D eigenvalue weighted by Crippen LogP contribution is -2.44. The summed E-state index contributed by atoms with van der Waals surface area (Å²) in [5.41, 5.74) is 5.49. The first-order valence-corrected chi connectivity index (χ1v) is 5.75. The molecular weight excluding hydrogens is 192 g/mol. The van der Waals surface area contributed by atoms with E-state index in [4.69, 9.17) is 5.73 Å². The van der Waals surface area contributed by atoms with Gasteiger partial charge in [-0.1, -0.05) is 6.92 Å². The second-order valence-electron chi connectivity index (χ2n) is 4.00. The molecule has 4 nitrogen and oxygen atoms in total. The number of amides is 2.